The van der Waals surface area contributed by atoms with Gasteiger partial charge in [-0.2, -0.15) is 0 Å². The van der Waals surface area contributed by atoms with Gasteiger partial charge in [0.05, 0.1) is 0 Å². The van der Waals surface area contributed by atoms with E-state index in [0.717, 1.165) is 19.6 Å². The first-order valence-corrected chi connectivity index (χ1v) is 5.63. The van der Waals surface area contributed by atoms with Crippen LogP contribution < -0.4 is 5.73 Å². The van der Waals surface area contributed by atoms with Crippen LogP contribution in [0.5, 0.6) is 0 Å². The van der Waals surface area contributed by atoms with Gasteiger partial charge in [-0.1, -0.05) is 0 Å². The van der Waals surface area contributed by atoms with Crippen molar-refractivity contribution in [3.05, 3.63) is 0 Å². The Morgan fingerprint density at radius 2 is 2.29 bits per heavy atom. The summed E-state index contributed by atoms with van der Waals surface area (Å²) < 4.78 is 5.11. The van der Waals surface area contributed by atoms with Crippen LogP contribution >= 0.6 is 0 Å². The van der Waals surface area contributed by atoms with Crippen LogP contribution in [0.25, 0.3) is 0 Å². The molecule has 3 nitrogen and oxygen atoms in total. The molecule has 0 aromatic rings. The molecule has 1 saturated heterocycles. The summed E-state index contributed by atoms with van der Waals surface area (Å²) in [4.78, 5) is 2.57. The second-order valence-corrected chi connectivity index (χ2v) is 4.51. The lowest BCUT2D eigenvalue weighted by atomic mass is 10.1. The molecule has 0 bridgehead atoms. The van der Waals surface area contributed by atoms with E-state index in [4.69, 9.17) is 10.5 Å². The number of likely N-dealkylation sites (tertiary alicyclic amines) is 1. The molecule has 14 heavy (non-hydrogen) atoms. The highest BCUT2D eigenvalue weighted by molar-refractivity contribution is 4.85. The van der Waals surface area contributed by atoms with Gasteiger partial charge in [0.15, 0.2) is 0 Å². The summed E-state index contributed by atoms with van der Waals surface area (Å²) in [7, 11) is 1.77. The van der Waals surface area contributed by atoms with Crippen molar-refractivity contribution in [2.24, 2.45) is 11.7 Å². The maximum absolute atomic E-state index is 5.71. The van der Waals surface area contributed by atoms with Gasteiger partial charge < -0.3 is 10.5 Å². The van der Waals surface area contributed by atoms with Crippen LogP contribution in [-0.2, 0) is 4.74 Å². The lowest BCUT2D eigenvalue weighted by Gasteiger charge is -2.28. The minimum atomic E-state index is 0.626. The van der Waals surface area contributed by atoms with Crippen molar-refractivity contribution < 1.29 is 4.74 Å². The third kappa shape index (κ3) is 2.94. The Kier molecular flexibility index (Phi) is 4.85. The second-order valence-electron chi connectivity index (χ2n) is 4.51. The minimum Gasteiger partial charge on any atom is -0.385 e. The molecule has 1 fully saturated rings. The van der Waals surface area contributed by atoms with Gasteiger partial charge in [0, 0.05) is 32.3 Å². The fourth-order valence-electron chi connectivity index (χ4n) is 2.41. The molecule has 0 amide bonds. The maximum atomic E-state index is 5.71. The summed E-state index contributed by atoms with van der Waals surface area (Å²) in [5.74, 6) is 0.704. The Morgan fingerprint density at radius 3 is 2.79 bits per heavy atom. The molecule has 0 saturated carbocycles. The molecule has 1 rings (SSSR count). The third-order valence-corrected chi connectivity index (χ3v) is 3.35. The first kappa shape index (κ1) is 12.0. The molecule has 1 heterocycles. The number of methoxy groups -OCH3 is 1. The molecular formula is C11H24N2O. The fourth-order valence-corrected chi connectivity index (χ4v) is 2.41. The summed E-state index contributed by atoms with van der Waals surface area (Å²) in [6.45, 7) is 7.45. The van der Waals surface area contributed by atoms with Crippen LogP contribution in [0.1, 0.15) is 26.7 Å². The quantitative estimate of drug-likeness (QED) is 0.722. The molecule has 3 atom stereocenters. The first-order valence-electron chi connectivity index (χ1n) is 5.63. The Morgan fingerprint density at radius 1 is 1.57 bits per heavy atom. The van der Waals surface area contributed by atoms with Gasteiger partial charge in [-0.05, 0) is 39.2 Å². The number of ether oxygens (including phenoxy) is 1. The lowest BCUT2D eigenvalue weighted by Crippen LogP contribution is -2.37. The average Bonchev–Trinajstić information content (AvgIpc) is 2.56. The van der Waals surface area contributed by atoms with E-state index >= 15 is 0 Å². The zero-order chi connectivity index (χ0) is 10.6. The molecular weight excluding hydrogens is 176 g/mol. The smallest absolute Gasteiger partial charge is 0.0477 e. The second kappa shape index (κ2) is 5.69. The van der Waals surface area contributed by atoms with Gasteiger partial charge in [-0.3, -0.25) is 4.90 Å². The number of hydrogen-bond donors (Lipinski definition) is 1. The number of nitrogens with zero attached hydrogens (tertiary/aromatic N) is 1. The fraction of sp³-hybridized carbons (Fsp3) is 1.00. The summed E-state index contributed by atoms with van der Waals surface area (Å²) in [5, 5.41) is 0. The maximum Gasteiger partial charge on any atom is 0.0477 e. The predicted molar refractivity (Wildman–Crippen MR) is 59.3 cm³/mol. The molecule has 1 aliphatic rings. The molecule has 1 aliphatic heterocycles. The van der Waals surface area contributed by atoms with E-state index in [1.807, 2.05) is 0 Å². The molecule has 0 aliphatic carbocycles. The highest BCUT2D eigenvalue weighted by Gasteiger charge is 2.30. The summed E-state index contributed by atoms with van der Waals surface area (Å²) in [6, 6.07) is 1.32. The molecule has 0 spiro atoms. The zero-order valence-electron chi connectivity index (χ0n) is 9.70. The Labute approximate surface area is 87.6 Å². The molecule has 0 radical (unpaired) electrons. The minimum absolute atomic E-state index is 0.626. The van der Waals surface area contributed by atoms with E-state index in [1.165, 1.54) is 13.0 Å². The Hall–Kier alpha value is -0.120. The van der Waals surface area contributed by atoms with Gasteiger partial charge in [-0.25, -0.2) is 0 Å². The Bertz CT molecular complexity index is 163. The van der Waals surface area contributed by atoms with E-state index in [2.05, 4.69) is 18.7 Å². The highest BCUT2D eigenvalue weighted by Crippen LogP contribution is 2.25. The number of rotatable bonds is 5. The molecule has 84 valence electrons. The van der Waals surface area contributed by atoms with Crippen molar-refractivity contribution in [3.8, 4) is 0 Å². The molecule has 3 heteroatoms. The van der Waals surface area contributed by atoms with Crippen LogP contribution in [0.3, 0.4) is 0 Å². The van der Waals surface area contributed by atoms with Gasteiger partial charge in [0.2, 0.25) is 0 Å². The monoisotopic (exact) mass is 200 g/mol. The van der Waals surface area contributed by atoms with Crippen LogP contribution in [0, 0.1) is 5.92 Å². The van der Waals surface area contributed by atoms with Crippen molar-refractivity contribution in [1.82, 2.24) is 4.90 Å². The van der Waals surface area contributed by atoms with Gasteiger partial charge in [0.25, 0.3) is 0 Å². The average molecular weight is 200 g/mol. The van der Waals surface area contributed by atoms with E-state index < -0.39 is 0 Å². The SMILES string of the molecule is COCCC(C)N1CC(CN)CC1C. The summed E-state index contributed by atoms with van der Waals surface area (Å²) in [5.41, 5.74) is 5.71. The zero-order valence-corrected chi connectivity index (χ0v) is 9.70. The molecule has 3 unspecified atom stereocenters. The molecule has 2 N–H and O–H groups in total. The number of nitrogens with two attached hydrogens (primary N) is 1. The van der Waals surface area contributed by atoms with Gasteiger partial charge >= 0.3 is 0 Å². The standard InChI is InChI=1S/C11H24N2O/c1-9(4-5-14-3)13-8-11(7-12)6-10(13)2/h9-11H,4-8,12H2,1-3H3. The van der Waals surface area contributed by atoms with Gasteiger partial charge in [-0.15, -0.1) is 0 Å². The van der Waals surface area contributed by atoms with Gasteiger partial charge in [0.1, 0.15) is 0 Å². The molecule has 0 aromatic heterocycles. The highest BCUT2D eigenvalue weighted by atomic mass is 16.5. The van der Waals surface area contributed by atoms with Crippen molar-refractivity contribution in [2.45, 2.75) is 38.8 Å². The lowest BCUT2D eigenvalue weighted by molar-refractivity contribution is 0.133. The Balaban J connectivity index is 2.36. The first-order chi connectivity index (χ1) is 6.69. The number of hydrogen-bond acceptors (Lipinski definition) is 3. The topological polar surface area (TPSA) is 38.5 Å². The van der Waals surface area contributed by atoms with Crippen molar-refractivity contribution in [1.29, 1.82) is 0 Å². The van der Waals surface area contributed by atoms with Crippen molar-refractivity contribution >= 4 is 0 Å². The molecule has 0 aromatic carbocycles. The normalized spacial score (nSPS) is 30.9. The third-order valence-electron chi connectivity index (χ3n) is 3.35. The van der Waals surface area contributed by atoms with Crippen LogP contribution in [0.2, 0.25) is 0 Å². The van der Waals surface area contributed by atoms with Crippen LogP contribution in [0.15, 0.2) is 0 Å². The summed E-state index contributed by atoms with van der Waals surface area (Å²) in [6.07, 6.45) is 2.38. The van der Waals surface area contributed by atoms with Crippen LogP contribution in [0.4, 0.5) is 0 Å². The largest absolute Gasteiger partial charge is 0.385 e. The van der Waals surface area contributed by atoms with Crippen molar-refractivity contribution in [3.63, 3.8) is 0 Å². The van der Waals surface area contributed by atoms with E-state index in [0.29, 0.717) is 18.0 Å². The van der Waals surface area contributed by atoms with E-state index in [1.54, 1.807) is 7.11 Å². The summed E-state index contributed by atoms with van der Waals surface area (Å²) >= 11 is 0. The van der Waals surface area contributed by atoms with Crippen LogP contribution in [-0.4, -0.2) is 43.8 Å². The predicted octanol–water partition coefficient (Wildman–Crippen LogP) is 1.08. The van der Waals surface area contributed by atoms with E-state index in [9.17, 15) is 0 Å². The van der Waals surface area contributed by atoms with Crippen molar-refractivity contribution in [2.75, 3.05) is 26.8 Å². The van der Waals surface area contributed by atoms with E-state index in [-0.39, 0.29) is 0 Å².